The van der Waals surface area contributed by atoms with Gasteiger partial charge in [0.25, 0.3) is 0 Å². The summed E-state index contributed by atoms with van der Waals surface area (Å²) < 4.78 is 0. The number of carbonyl (C=O) groups excluding carboxylic acids is 14. The van der Waals surface area contributed by atoms with Crippen LogP contribution in [0.15, 0.2) is 30.3 Å². The highest BCUT2D eigenvalue weighted by molar-refractivity contribution is 6.01. The number of rotatable bonds is 24. The number of nitrogens with zero attached hydrogens (tertiary/aromatic N) is 2. The third kappa shape index (κ3) is 27.1. The fourth-order valence-corrected chi connectivity index (χ4v) is 12.1. The summed E-state index contributed by atoms with van der Waals surface area (Å²) >= 11 is 0. The molecule has 0 spiro atoms. The minimum atomic E-state index is -2.55. The van der Waals surface area contributed by atoms with Gasteiger partial charge in [0.1, 0.15) is 66.5 Å². The molecule has 2 aliphatic heterocycles. The van der Waals surface area contributed by atoms with Crippen LogP contribution in [0.25, 0.3) is 0 Å². The van der Waals surface area contributed by atoms with E-state index >= 15 is 0 Å². The first-order chi connectivity index (χ1) is 47.9. The normalized spacial score (nSPS) is 26.9. The van der Waals surface area contributed by atoms with E-state index in [9.17, 15) is 92.7 Å². The van der Waals surface area contributed by atoms with Crippen LogP contribution in [0.5, 0.6) is 0 Å². The Morgan fingerprint density at radius 1 is 0.549 bits per heavy atom. The molecule has 0 aliphatic carbocycles. The predicted octanol–water partition coefficient (Wildman–Crippen LogP) is -3.32. The zero-order chi connectivity index (χ0) is 77.0. The predicted molar refractivity (Wildman–Crippen MR) is 372 cm³/mol. The third-order valence-corrected chi connectivity index (χ3v) is 18.3. The van der Waals surface area contributed by atoms with Crippen molar-refractivity contribution in [3.05, 3.63) is 35.9 Å². The number of carbonyl (C=O) groups is 14. The summed E-state index contributed by atoms with van der Waals surface area (Å²) in [5.74, 6) is -17.7. The van der Waals surface area contributed by atoms with E-state index in [2.05, 4.69) is 53.2 Å². The van der Waals surface area contributed by atoms with Crippen LogP contribution in [0.4, 0.5) is 0 Å². The SMILES string of the molecule is CCCCCCCC1CC(=O)N[C@@H](C(C)C)C(=O)NC(C(O)C(C)C)C(=O)N[C@@H](CCO)C(=O)N[C@H](CC(C)C)C(=O)N[C@@H](CCC(N)=O)C(=O)N(C)[C@@H]([C@@H](C)CC)C(=O)NC(C(O)C(N)=O)C(=O)N[C@@H]([C@@H](C)O)C(=O)N2CCC[C@H]2C(=O)N[C@H](Cc2ccccc2)C(=O)N[C@@H]([C@@H](C)O)C(=O)N1. The molecule has 19 N–H and O–H groups in total. The van der Waals surface area contributed by atoms with Gasteiger partial charge in [-0.3, -0.25) is 67.1 Å². The third-order valence-electron chi connectivity index (χ3n) is 18.3. The van der Waals surface area contributed by atoms with Crippen LogP contribution in [0.2, 0.25) is 0 Å². The van der Waals surface area contributed by atoms with E-state index in [-0.39, 0.29) is 51.0 Å². The lowest BCUT2D eigenvalue weighted by Gasteiger charge is -2.36. The molecule has 33 heteroatoms. The Morgan fingerprint density at radius 2 is 1.08 bits per heavy atom. The second-order valence-electron chi connectivity index (χ2n) is 28.0. The van der Waals surface area contributed by atoms with Crippen LogP contribution in [-0.4, -0.2) is 235 Å². The van der Waals surface area contributed by atoms with Crippen LogP contribution in [0.3, 0.4) is 0 Å². The molecule has 0 aromatic heterocycles. The average molecular weight is 1440 g/mol. The second-order valence-corrected chi connectivity index (χ2v) is 28.0. The van der Waals surface area contributed by atoms with E-state index < -0.39 is 230 Å². The molecule has 102 heavy (non-hydrogen) atoms. The van der Waals surface area contributed by atoms with Crippen LogP contribution in [0, 0.1) is 23.7 Å². The number of fused-ring (bicyclic) bond motifs is 1. The highest BCUT2D eigenvalue weighted by Gasteiger charge is 2.46. The number of nitrogens with one attached hydrogen (secondary N) is 10. The lowest BCUT2D eigenvalue weighted by Crippen LogP contribution is -2.65. The van der Waals surface area contributed by atoms with Crippen molar-refractivity contribution < 1.29 is 92.7 Å². The van der Waals surface area contributed by atoms with Crippen molar-refractivity contribution in [2.24, 2.45) is 35.1 Å². The Kier molecular flexibility index (Phi) is 36.9. The number of aliphatic hydroxyl groups is 5. The molecule has 0 radical (unpaired) electrons. The first kappa shape index (κ1) is 87.8. The molecule has 33 nitrogen and oxygen atoms in total. The zero-order valence-corrected chi connectivity index (χ0v) is 61.0. The molecule has 2 heterocycles. The molecule has 5 unspecified atom stereocenters. The topological polar surface area (TPSA) is 519 Å². The lowest BCUT2D eigenvalue weighted by atomic mass is 9.95. The minimum Gasteiger partial charge on any atom is -0.396 e. The van der Waals surface area contributed by atoms with Gasteiger partial charge in [-0.15, -0.1) is 0 Å². The Bertz CT molecular complexity index is 3010. The number of hydrogen-bond donors (Lipinski definition) is 17. The largest absolute Gasteiger partial charge is 0.396 e. The zero-order valence-electron chi connectivity index (χ0n) is 61.0. The number of amides is 14. The maximum absolute atomic E-state index is 14.8. The molecule has 574 valence electrons. The molecule has 0 saturated carbocycles. The van der Waals surface area contributed by atoms with Gasteiger partial charge in [-0.1, -0.05) is 131 Å². The molecular formula is C69H114N14O19. The summed E-state index contributed by atoms with van der Waals surface area (Å²) in [5.41, 5.74) is 11.6. The molecule has 1 aromatic carbocycles. The van der Waals surface area contributed by atoms with Crippen molar-refractivity contribution >= 4 is 82.7 Å². The van der Waals surface area contributed by atoms with Crippen molar-refractivity contribution in [2.45, 2.75) is 269 Å². The molecule has 0 bridgehead atoms. The Hall–Kier alpha value is -8.40. The lowest BCUT2D eigenvalue weighted by molar-refractivity contribution is -0.148. The maximum Gasteiger partial charge on any atom is 0.248 e. The Morgan fingerprint density at radius 3 is 1.64 bits per heavy atom. The fraction of sp³-hybridized carbons (Fsp3) is 0.710. The van der Waals surface area contributed by atoms with E-state index in [1.54, 1.807) is 65.0 Å². The second kappa shape index (κ2) is 42.9. The van der Waals surface area contributed by atoms with Gasteiger partial charge in [-0.2, -0.15) is 0 Å². The number of hydrogen-bond acceptors (Lipinski definition) is 19. The van der Waals surface area contributed by atoms with Gasteiger partial charge in [0.15, 0.2) is 6.10 Å². The Balaban J connectivity index is 2.34. The van der Waals surface area contributed by atoms with Crippen LogP contribution >= 0.6 is 0 Å². The summed E-state index contributed by atoms with van der Waals surface area (Å²) in [7, 11) is 1.14. The highest BCUT2D eigenvalue weighted by Crippen LogP contribution is 2.23. The number of primary amides is 2. The molecule has 17 atom stereocenters. The first-order valence-corrected chi connectivity index (χ1v) is 35.5. The van der Waals surface area contributed by atoms with Gasteiger partial charge in [0.05, 0.1) is 18.3 Å². The van der Waals surface area contributed by atoms with Crippen LogP contribution in [-0.2, 0) is 73.5 Å². The van der Waals surface area contributed by atoms with E-state index in [4.69, 9.17) is 11.5 Å². The van der Waals surface area contributed by atoms with Gasteiger partial charge < -0.3 is 100.0 Å². The molecule has 1 aromatic rings. The molecule has 2 saturated heterocycles. The Labute approximate surface area is 596 Å². The number of likely N-dealkylation sites (N-methyl/N-ethyl adjacent to an activating group) is 1. The molecule has 2 aliphatic rings. The molecule has 3 rings (SSSR count). The smallest absolute Gasteiger partial charge is 0.248 e. The van der Waals surface area contributed by atoms with Gasteiger partial charge in [0, 0.05) is 45.5 Å². The molecular weight excluding hydrogens is 1330 g/mol. The van der Waals surface area contributed by atoms with Crippen molar-refractivity contribution in [2.75, 3.05) is 20.2 Å². The van der Waals surface area contributed by atoms with Crippen LogP contribution in [0.1, 0.15) is 172 Å². The van der Waals surface area contributed by atoms with Gasteiger partial charge in [0.2, 0.25) is 82.7 Å². The summed E-state index contributed by atoms with van der Waals surface area (Å²) in [6.07, 6.45) is -5.70. The number of benzene rings is 1. The number of nitrogens with two attached hydrogens (primary N) is 2. The van der Waals surface area contributed by atoms with Crippen molar-refractivity contribution in [3.63, 3.8) is 0 Å². The summed E-state index contributed by atoms with van der Waals surface area (Å²) in [6.45, 7) is 16.2. The summed E-state index contributed by atoms with van der Waals surface area (Å²) in [6, 6.07) is -11.5. The maximum atomic E-state index is 14.8. The number of aliphatic hydroxyl groups excluding tert-OH is 5. The van der Waals surface area contributed by atoms with Crippen molar-refractivity contribution in [3.8, 4) is 0 Å². The van der Waals surface area contributed by atoms with Gasteiger partial charge in [-0.25, -0.2) is 0 Å². The van der Waals surface area contributed by atoms with Crippen molar-refractivity contribution in [1.29, 1.82) is 0 Å². The molecule has 14 amide bonds. The number of unbranched alkanes of at least 4 members (excludes halogenated alkanes) is 4. The average Bonchev–Trinajstić information content (AvgIpc) is 1.36. The first-order valence-electron chi connectivity index (χ1n) is 35.5. The van der Waals surface area contributed by atoms with E-state index in [1.807, 2.05) is 6.92 Å². The van der Waals surface area contributed by atoms with Crippen LogP contribution < -0.4 is 64.6 Å². The highest BCUT2D eigenvalue weighted by atomic mass is 16.3. The fourth-order valence-electron chi connectivity index (χ4n) is 12.1. The minimum absolute atomic E-state index is 0.0261. The summed E-state index contributed by atoms with van der Waals surface area (Å²) in [5, 5.41) is 80.7. The quantitative estimate of drug-likeness (QED) is 0.0450. The standard InChI is InChI=1S/C69H114N14O19/c1-13-15-16-17-21-25-42-34-49(88)77-50(36(5)6)63(96)80-53(56(89)37(7)8)65(98)73-43(29-31-84)59(92)75-45(32-35(3)4)60(93)74-44(27-28-48(70)87)68(101)82(12)55(38(9)14-2)67(100)81-54(57(90)58(71)91)66(99)79-52(40(11)86)69(102)83-30-22-26-47(83)62(95)76-46(33-41-23-19-18-20-24-41)61(94)78-51(39(10)85)64(97)72-42/h18-20,23-24,35-40,42-47,50-57,84-86,89-90H,13-17,21-22,25-34H2,1-12H3,(H2,70,87)(H2,71,91)(H,72,97)(H,73,98)(H,74,93)(H,75,92)(H,76,95)(H,77,88)(H,78,94)(H,79,99)(H,80,96)(H,81,100)/t38-,39+,40+,42?,43-,44-,45+,46+,47-,50-,51-,52-,53?,54?,55-,56?,57?/m0/s1. The van der Waals surface area contributed by atoms with Gasteiger partial charge >= 0.3 is 0 Å². The molecule has 2 fully saturated rings. The monoisotopic (exact) mass is 1440 g/mol. The van der Waals surface area contributed by atoms with E-state index in [1.165, 1.54) is 27.7 Å². The van der Waals surface area contributed by atoms with E-state index in [0.717, 1.165) is 43.0 Å². The van der Waals surface area contributed by atoms with E-state index in [0.29, 0.717) is 18.4 Å². The van der Waals surface area contributed by atoms with Gasteiger partial charge in [-0.05, 0) is 81.6 Å². The van der Waals surface area contributed by atoms with Crippen molar-refractivity contribution in [1.82, 2.24) is 63.0 Å². The summed E-state index contributed by atoms with van der Waals surface area (Å²) in [4.78, 5) is 201.